The Morgan fingerprint density at radius 3 is 2.81 bits per heavy atom. The van der Waals surface area contributed by atoms with Crippen LogP contribution in [0.2, 0.25) is 0 Å². The SMILES string of the molecule is COC(=O)Nc1cnoc1-c1ccccc1. The Bertz CT molecular complexity index is 479. The molecule has 2 rings (SSSR count). The van der Waals surface area contributed by atoms with Crippen molar-refractivity contribution < 1.29 is 14.1 Å². The van der Waals surface area contributed by atoms with Gasteiger partial charge in [0.2, 0.25) is 0 Å². The quantitative estimate of drug-likeness (QED) is 0.841. The highest BCUT2D eigenvalue weighted by molar-refractivity contribution is 5.89. The summed E-state index contributed by atoms with van der Waals surface area (Å²) in [5.41, 5.74) is 1.32. The molecule has 1 amide bonds. The van der Waals surface area contributed by atoms with E-state index in [0.717, 1.165) is 5.56 Å². The Kier molecular flexibility index (Phi) is 2.86. The maximum absolute atomic E-state index is 11.1. The van der Waals surface area contributed by atoms with Gasteiger partial charge in [-0.15, -0.1) is 0 Å². The van der Waals surface area contributed by atoms with Gasteiger partial charge in [-0.25, -0.2) is 4.79 Å². The van der Waals surface area contributed by atoms with Crippen molar-refractivity contribution in [2.45, 2.75) is 0 Å². The molecule has 82 valence electrons. The van der Waals surface area contributed by atoms with Crippen LogP contribution in [0.4, 0.5) is 10.5 Å². The number of aromatic nitrogens is 1. The maximum Gasteiger partial charge on any atom is 0.411 e. The van der Waals surface area contributed by atoms with E-state index in [4.69, 9.17) is 4.52 Å². The molecule has 0 saturated heterocycles. The molecule has 0 saturated carbocycles. The van der Waals surface area contributed by atoms with Crippen LogP contribution in [0, 0.1) is 0 Å². The lowest BCUT2D eigenvalue weighted by atomic mass is 10.1. The first-order chi connectivity index (χ1) is 7.81. The minimum Gasteiger partial charge on any atom is -0.453 e. The summed E-state index contributed by atoms with van der Waals surface area (Å²) < 4.78 is 9.57. The monoisotopic (exact) mass is 218 g/mol. The molecule has 0 fully saturated rings. The second kappa shape index (κ2) is 4.48. The number of anilines is 1. The fraction of sp³-hybridized carbons (Fsp3) is 0.0909. The first kappa shape index (κ1) is 10.2. The smallest absolute Gasteiger partial charge is 0.411 e. The molecule has 1 aromatic heterocycles. The summed E-state index contributed by atoms with van der Waals surface area (Å²) in [4.78, 5) is 11.1. The summed E-state index contributed by atoms with van der Waals surface area (Å²) in [7, 11) is 1.30. The molecule has 0 unspecified atom stereocenters. The highest BCUT2D eigenvalue weighted by atomic mass is 16.5. The van der Waals surface area contributed by atoms with E-state index < -0.39 is 6.09 Å². The van der Waals surface area contributed by atoms with Crippen LogP contribution in [0.3, 0.4) is 0 Å². The van der Waals surface area contributed by atoms with Crippen molar-refractivity contribution in [2.24, 2.45) is 0 Å². The molecule has 0 aliphatic carbocycles. The van der Waals surface area contributed by atoms with Gasteiger partial charge < -0.3 is 9.26 Å². The van der Waals surface area contributed by atoms with Crippen molar-refractivity contribution in [3.63, 3.8) is 0 Å². The van der Waals surface area contributed by atoms with Crippen LogP contribution in [0.5, 0.6) is 0 Å². The van der Waals surface area contributed by atoms with E-state index in [9.17, 15) is 4.79 Å². The van der Waals surface area contributed by atoms with E-state index in [1.165, 1.54) is 13.3 Å². The van der Waals surface area contributed by atoms with Crippen LogP contribution in [0.15, 0.2) is 41.1 Å². The van der Waals surface area contributed by atoms with Crippen molar-refractivity contribution in [1.29, 1.82) is 0 Å². The van der Waals surface area contributed by atoms with Crippen molar-refractivity contribution in [3.05, 3.63) is 36.5 Å². The molecular weight excluding hydrogens is 208 g/mol. The Labute approximate surface area is 92.0 Å². The van der Waals surface area contributed by atoms with Crippen molar-refractivity contribution >= 4 is 11.8 Å². The fourth-order valence-electron chi connectivity index (χ4n) is 1.29. The average Bonchev–Trinajstić information content (AvgIpc) is 2.78. The number of rotatable bonds is 2. The Balaban J connectivity index is 2.29. The normalized spacial score (nSPS) is 9.81. The molecule has 2 aromatic rings. The summed E-state index contributed by atoms with van der Waals surface area (Å²) in [6, 6.07) is 9.37. The van der Waals surface area contributed by atoms with Gasteiger partial charge in [0.05, 0.1) is 13.3 Å². The molecule has 1 N–H and O–H groups in total. The predicted octanol–water partition coefficient (Wildman–Crippen LogP) is 2.52. The van der Waals surface area contributed by atoms with Gasteiger partial charge in [0.25, 0.3) is 0 Å². The van der Waals surface area contributed by atoms with Crippen LogP contribution < -0.4 is 5.32 Å². The zero-order valence-corrected chi connectivity index (χ0v) is 8.64. The Morgan fingerprint density at radius 2 is 2.12 bits per heavy atom. The molecule has 0 spiro atoms. The number of nitrogens with one attached hydrogen (secondary N) is 1. The topological polar surface area (TPSA) is 64.4 Å². The molecule has 1 aromatic carbocycles. The number of hydrogen-bond donors (Lipinski definition) is 1. The highest BCUT2D eigenvalue weighted by Gasteiger charge is 2.12. The lowest BCUT2D eigenvalue weighted by Gasteiger charge is -2.02. The van der Waals surface area contributed by atoms with Gasteiger partial charge in [0.1, 0.15) is 5.69 Å². The number of benzene rings is 1. The van der Waals surface area contributed by atoms with Gasteiger partial charge in [0.15, 0.2) is 5.76 Å². The molecule has 16 heavy (non-hydrogen) atoms. The van der Waals surface area contributed by atoms with Crippen LogP contribution in [-0.2, 0) is 4.74 Å². The van der Waals surface area contributed by atoms with Gasteiger partial charge in [-0.05, 0) is 0 Å². The van der Waals surface area contributed by atoms with Crippen LogP contribution >= 0.6 is 0 Å². The Morgan fingerprint density at radius 1 is 1.38 bits per heavy atom. The molecular formula is C11H10N2O3. The molecule has 0 atom stereocenters. The zero-order chi connectivity index (χ0) is 11.4. The average molecular weight is 218 g/mol. The molecule has 5 nitrogen and oxygen atoms in total. The zero-order valence-electron chi connectivity index (χ0n) is 8.64. The number of nitrogens with zero attached hydrogens (tertiary/aromatic N) is 1. The standard InChI is InChI=1S/C11H10N2O3/c1-15-11(14)13-9-7-12-16-10(9)8-5-3-2-4-6-8/h2-7H,1H3,(H,13,14). The molecule has 0 aliphatic heterocycles. The maximum atomic E-state index is 11.1. The minimum absolute atomic E-state index is 0.484. The molecule has 0 bridgehead atoms. The third-order valence-corrected chi connectivity index (χ3v) is 2.03. The number of amides is 1. The molecule has 0 radical (unpaired) electrons. The van der Waals surface area contributed by atoms with E-state index in [1.807, 2.05) is 30.3 Å². The lowest BCUT2D eigenvalue weighted by Crippen LogP contribution is -2.10. The third-order valence-electron chi connectivity index (χ3n) is 2.03. The highest BCUT2D eigenvalue weighted by Crippen LogP contribution is 2.27. The first-order valence-corrected chi connectivity index (χ1v) is 4.66. The summed E-state index contributed by atoms with van der Waals surface area (Å²) in [6.07, 6.45) is 0.875. The van der Waals surface area contributed by atoms with Crippen molar-refractivity contribution in [3.8, 4) is 11.3 Å². The van der Waals surface area contributed by atoms with Crippen molar-refractivity contribution in [2.75, 3.05) is 12.4 Å². The summed E-state index contributed by atoms with van der Waals surface area (Å²) in [5.74, 6) is 0.506. The number of carbonyl (C=O) groups is 1. The lowest BCUT2D eigenvalue weighted by molar-refractivity contribution is 0.187. The molecule has 5 heteroatoms. The van der Waals surface area contributed by atoms with Gasteiger partial charge in [-0.1, -0.05) is 35.5 Å². The fourth-order valence-corrected chi connectivity index (χ4v) is 1.29. The van der Waals surface area contributed by atoms with Crippen LogP contribution in [-0.4, -0.2) is 18.4 Å². The van der Waals surface area contributed by atoms with Gasteiger partial charge in [-0.3, -0.25) is 5.32 Å². The third kappa shape index (κ3) is 2.03. The number of ether oxygens (including phenoxy) is 1. The molecule has 0 aliphatic rings. The second-order valence-corrected chi connectivity index (χ2v) is 3.05. The summed E-state index contributed by atoms with van der Waals surface area (Å²) in [6.45, 7) is 0. The van der Waals surface area contributed by atoms with E-state index in [0.29, 0.717) is 11.4 Å². The van der Waals surface area contributed by atoms with E-state index in [1.54, 1.807) is 0 Å². The molecule has 1 heterocycles. The van der Waals surface area contributed by atoms with E-state index in [2.05, 4.69) is 15.2 Å². The first-order valence-electron chi connectivity index (χ1n) is 4.66. The van der Waals surface area contributed by atoms with E-state index in [-0.39, 0.29) is 0 Å². The summed E-state index contributed by atoms with van der Waals surface area (Å²) >= 11 is 0. The van der Waals surface area contributed by atoms with Crippen LogP contribution in [0.1, 0.15) is 0 Å². The predicted molar refractivity (Wildman–Crippen MR) is 58.0 cm³/mol. The van der Waals surface area contributed by atoms with E-state index >= 15 is 0 Å². The van der Waals surface area contributed by atoms with Gasteiger partial charge in [0, 0.05) is 5.56 Å². The number of methoxy groups -OCH3 is 1. The Hall–Kier alpha value is -2.30. The van der Waals surface area contributed by atoms with Crippen molar-refractivity contribution in [1.82, 2.24) is 5.16 Å². The largest absolute Gasteiger partial charge is 0.453 e. The number of carbonyl (C=O) groups excluding carboxylic acids is 1. The van der Waals surface area contributed by atoms with Crippen LogP contribution in [0.25, 0.3) is 11.3 Å². The number of hydrogen-bond acceptors (Lipinski definition) is 4. The second-order valence-electron chi connectivity index (χ2n) is 3.05. The minimum atomic E-state index is -0.555. The van der Waals surface area contributed by atoms with Gasteiger partial charge in [-0.2, -0.15) is 0 Å². The van der Waals surface area contributed by atoms with Gasteiger partial charge >= 0.3 is 6.09 Å². The summed E-state index contributed by atoms with van der Waals surface area (Å²) in [5, 5.41) is 6.16.